The number of piperidine rings is 1. The van der Waals surface area contributed by atoms with Crippen LogP contribution in [0.1, 0.15) is 50.6 Å². The quantitative estimate of drug-likeness (QED) is 0.800. The number of fused-ring (bicyclic) bond motifs is 1. The third kappa shape index (κ3) is 3.37. The van der Waals surface area contributed by atoms with Gasteiger partial charge in [-0.1, -0.05) is 12.1 Å². The number of rotatable bonds is 4. The van der Waals surface area contributed by atoms with Crippen molar-refractivity contribution in [1.82, 2.24) is 20.1 Å². The summed E-state index contributed by atoms with van der Waals surface area (Å²) < 4.78 is 1.12. The van der Waals surface area contributed by atoms with Gasteiger partial charge in [-0.15, -0.1) is 11.3 Å². The molecule has 2 aliphatic heterocycles. The topological polar surface area (TPSA) is 82.6 Å². The lowest BCUT2D eigenvalue weighted by molar-refractivity contribution is -0.136. The second kappa shape index (κ2) is 7.16. The van der Waals surface area contributed by atoms with Crippen LogP contribution in [0.3, 0.4) is 0 Å². The molecule has 8 heteroatoms. The van der Waals surface area contributed by atoms with Crippen LogP contribution < -0.4 is 5.32 Å². The molecule has 2 saturated heterocycles. The zero-order valence-corrected chi connectivity index (χ0v) is 16.9. The van der Waals surface area contributed by atoms with E-state index in [4.69, 9.17) is 4.98 Å². The fourth-order valence-electron chi connectivity index (χ4n) is 3.89. The van der Waals surface area contributed by atoms with Gasteiger partial charge in [0.25, 0.3) is 5.91 Å². The maximum Gasteiger partial charge on any atom is 0.325 e. The zero-order valence-electron chi connectivity index (χ0n) is 16.1. The van der Waals surface area contributed by atoms with Crippen LogP contribution >= 0.6 is 11.3 Å². The summed E-state index contributed by atoms with van der Waals surface area (Å²) in [6.07, 6.45) is 3.05. The lowest BCUT2D eigenvalue weighted by Crippen LogP contribution is -2.42. The molecule has 3 heterocycles. The molecule has 0 aliphatic carbocycles. The third-order valence-corrected chi connectivity index (χ3v) is 6.55. The maximum atomic E-state index is 13.0. The SMILES string of the molecule is CC1(C)NC(=O)N(CCC(=O)N2CCCC[C@@H]2c2nc3ccccc3s2)C1=O. The van der Waals surface area contributed by atoms with Gasteiger partial charge in [0, 0.05) is 19.5 Å². The van der Waals surface area contributed by atoms with Crippen LogP contribution in [0.2, 0.25) is 0 Å². The molecule has 1 N–H and O–H groups in total. The summed E-state index contributed by atoms with van der Waals surface area (Å²) >= 11 is 1.64. The number of nitrogens with zero attached hydrogens (tertiary/aromatic N) is 3. The fourth-order valence-corrected chi connectivity index (χ4v) is 5.01. The molecule has 0 spiro atoms. The molecular formula is C20H24N4O3S. The predicted molar refractivity (Wildman–Crippen MR) is 107 cm³/mol. The van der Waals surface area contributed by atoms with Crippen LogP contribution in [-0.2, 0) is 9.59 Å². The molecule has 0 radical (unpaired) electrons. The Labute approximate surface area is 167 Å². The Morgan fingerprint density at radius 1 is 1.29 bits per heavy atom. The Hall–Kier alpha value is -2.48. The van der Waals surface area contributed by atoms with E-state index in [1.54, 1.807) is 25.2 Å². The largest absolute Gasteiger partial charge is 0.333 e. The van der Waals surface area contributed by atoms with Crippen molar-refractivity contribution in [1.29, 1.82) is 0 Å². The second-order valence-corrected chi connectivity index (χ2v) is 8.94. The summed E-state index contributed by atoms with van der Waals surface area (Å²) in [5, 5.41) is 3.61. The van der Waals surface area contributed by atoms with Crippen LogP contribution in [0, 0.1) is 0 Å². The van der Waals surface area contributed by atoms with Gasteiger partial charge in [0.05, 0.1) is 16.3 Å². The first-order valence-corrected chi connectivity index (χ1v) is 10.5. The Balaban J connectivity index is 1.47. The average molecular weight is 401 g/mol. The molecule has 4 rings (SSSR count). The zero-order chi connectivity index (χ0) is 19.9. The molecule has 148 valence electrons. The number of aromatic nitrogens is 1. The number of nitrogens with one attached hydrogen (secondary N) is 1. The van der Waals surface area contributed by atoms with E-state index in [2.05, 4.69) is 5.32 Å². The third-order valence-electron chi connectivity index (χ3n) is 5.41. The molecule has 0 unspecified atom stereocenters. The van der Waals surface area contributed by atoms with E-state index in [1.807, 2.05) is 29.2 Å². The smallest absolute Gasteiger partial charge is 0.325 e. The minimum atomic E-state index is -0.908. The molecule has 0 saturated carbocycles. The number of carbonyl (C=O) groups excluding carboxylic acids is 3. The first kappa shape index (κ1) is 18.9. The van der Waals surface area contributed by atoms with Crippen LogP contribution in [0.15, 0.2) is 24.3 Å². The van der Waals surface area contributed by atoms with Gasteiger partial charge in [0.1, 0.15) is 10.5 Å². The Morgan fingerprint density at radius 3 is 2.79 bits per heavy atom. The summed E-state index contributed by atoms with van der Waals surface area (Å²) in [7, 11) is 0. The van der Waals surface area contributed by atoms with Crippen molar-refractivity contribution in [2.75, 3.05) is 13.1 Å². The molecular weight excluding hydrogens is 376 g/mol. The molecule has 4 amide bonds. The number of hydrogen-bond donors (Lipinski definition) is 1. The molecule has 2 aliphatic rings. The number of thiazole rings is 1. The first-order valence-electron chi connectivity index (χ1n) is 9.66. The second-order valence-electron chi connectivity index (χ2n) is 7.88. The monoisotopic (exact) mass is 400 g/mol. The number of urea groups is 1. The number of carbonyl (C=O) groups is 3. The molecule has 2 fully saturated rings. The highest BCUT2D eigenvalue weighted by Gasteiger charge is 2.44. The van der Waals surface area contributed by atoms with Gasteiger partial charge < -0.3 is 10.2 Å². The van der Waals surface area contributed by atoms with Crippen molar-refractivity contribution in [2.45, 2.75) is 51.1 Å². The van der Waals surface area contributed by atoms with Crippen LogP contribution in [0.25, 0.3) is 10.2 Å². The highest BCUT2D eigenvalue weighted by molar-refractivity contribution is 7.18. The summed E-state index contributed by atoms with van der Waals surface area (Å²) in [4.78, 5) is 45.1. The highest BCUT2D eigenvalue weighted by Crippen LogP contribution is 2.36. The lowest BCUT2D eigenvalue weighted by Gasteiger charge is -2.35. The lowest BCUT2D eigenvalue weighted by atomic mass is 10.0. The van der Waals surface area contributed by atoms with E-state index >= 15 is 0 Å². The standard InChI is InChI=1S/C20H24N4O3S/c1-20(2)18(26)24(19(27)22-20)12-10-16(25)23-11-6-5-8-14(23)17-21-13-7-3-4-9-15(13)28-17/h3-4,7,9,14H,5-6,8,10-12H2,1-2H3,(H,22,27)/t14-/m1/s1. The number of likely N-dealkylation sites (tertiary alicyclic amines) is 1. The molecule has 0 bridgehead atoms. The number of amides is 4. The summed E-state index contributed by atoms with van der Waals surface area (Å²) in [6.45, 7) is 4.13. The first-order chi connectivity index (χ1) is 13.4. The molecule has 1 aromatic carbocycles. The number of hydrogen-bond acceptors (Lipinski definition) is 5. The number of benzene rings is 1. The van der Waals surface area contributed by atoms with Gasteiger partial charge in [0.2, 0.25) is 5.91 Å². The van der Waals surface area contributed by atoms with Gasteiger partial charge >= 0.3 is 6.03 Å². The summed E-state index contributed by atoms with van der Waals surface area (Å²) in [6, 6.07) is 7.54. The maximum absolute atomic E-state index is 13.0. The van der Waals surface area contributed by atoms with Crippen molar-refractivity contribution < 1.29 is 14.4 Å². The van der Waals surface area contributed by atoms with Gasteiger partial charge in [-0.25, -0.2) is 9.78 Å². The molecule has 28 heavy (non-hydrogen) atoms. The van der Waals surface area contributed by atoms with Crippen molar-refractivity contribution in [2.24, 2.45) is 0 Å². The van der Waals surface area contributed by atoms with E-state index in [-0.39, 0.29) is 30.8 Å². The van der Waals surface area contributed by atoms with Gasteiger partial charge in [-0.3, -0.25) is 14.5 Å². The molecule has 7 nitrogen and oxygen atoms in total. The van der Waals surface area contributed by atoms with Gasteiger partial charge in [0.15, 0.2) is 0 Å². The normalized spacial score (nSPS) is 22.0. The van der Waals surface area contributed by atoms with E-state index < -0.39 is 11.6 Å². The molecule has 1 atom stereocenters. The van der Waals surface area contributed by atoms with E-state index in [0.29, 0.717) is 6.54 Å². The van der Waals surface area contributed by atoms with E-state index in [0.717, 1.165) is 39.4 Å². The number of para-hydroxylation sites is 1. The predicted octanol–water partition coefficient (Wildman–Crippen LogP) is 3.07. The van der Waals surface area contributed by atoms with Crippen LogP contribution in [0.5, 0.6) is 0 Å². The van der Waals surface area contributed by atoms with Gasteiger partial charge in [-0.2, -0.15) is 0 Å². The minimum absolute atomic E-state index is 0.0294. The summed E-state index contributed by atoms with van der Waals surface area (Å²) in [5.74, 6) is -0.319. The number of imide groups is 1. The fraction of sp³-hybridized carbons (Fsp3) is 0.500. The summed E-state index contributed by atoms with van der Waals surface area (Å²) in [5.41, 5.74) is 0.0523. The van der Waals surface area contributed by atoms with E-state index in [9.17, 15) is 14.4 Å². The minimum Gasteiger partial charge on any atom is -0.333 e. The van der Waals surface area contributed by atoms with Crippen molar-refractivity contribution in [3.8, 4) is 0 Å². The molecule has 2 aromatic rings. The Morgan fingerprint density at radius 2 is 2.07 bits per heavy atom. The van der Waals surface area contributed by atoms with E-state index in [1.165, 1.54) is 0 Å². The van der Waals surface area contributed by atoms with Crippen molar-refractivity contribution in [3.05, 3.63) is 29.3 Å². The van der Waals surface area contributed by atoms with Gasteiger partial charge in [-0.05, 0) is 45.2 Å². The Bertz CT molecular complexity index is 905. The van der Waals surface area contributed by atoms with Crippen molar-refractivity contribution >= 4 is 39.4 Å². The van der Waals surface area contributed by atoms with Crippen molar-refractivity contribution in [3.63, 3.8) is 0 Å². The average Bonchev–Trinajstić information content (AvgIpc) is 3.19. The van der Waals surface area contributed by atoms with Crippen LogP contribution in [0.4, 0.5) is 4.79 Å². The Kier molecular flexibility index (Phi) is 4.82. The molecule has 1 aromatic heterocycles. The highest BCUT2D eigenvalue weighted by atomic mass is 32.1. The van der Waals surface area contributed by atoms with Crippen LogP contribution in [-0.4, -0.2) is 51.3 Å².